The molecule has 0 unspecified atom stereocenters. The molecule has 0 aromatic heterocycles. The second-order valence-corrected chi connectivity index (χ2v) is 4.86. The molecular formula is C17H18FNO2. The highest BCUT2D eigenvalue weighted by Gasteiger charge is 2.09. The van der Waals surface area contributed by atoms with Crippen LogP contribution in [0.4, 0.5) is 4.39 Å². The van der Waals surface area contributed by atoms with Crippen molar-refractivity contribution in [2.75, 3.05) is 13.2 Å². The Bertz CT molecular complexity index is 623. The lowest BCUT2D eigenvalue weighted by Gasteiger charge is -2.07. The van der Waals surface area contributed by atoms with Gasteiger partial charge in [-0.3, -0.25) is 4.79 Å². The van der Waals surface area contributed by atoms with E-state index in [9.17, 15) is 9.18 Å². The lowest BCUT2D eigenvalue weighted by Crippen LogP contribution is -2.12. The van der Waals surface area contributed by atoms with Gasteiger partial charge in [0.1, 0.15) is 11.6 Å². The molecule has 110 valence electrons. The van der Waals surface area contributed by atoms with Gasteiger partial charge in [0, 0.05) is 5.56 Å². The zero-order chi connectivity index (χ0) is 15.2. The molecule has 0 bridgehead atoms. The van der Waals surface area contributed by atoms with Crippen molar-refractivity contribution >= 4 is 5.78 Å². The van der Waals surface area contributed by atoms with Crippen LogP contribution in [0.2, 0.25) is 0 Å². The number of hydrogen-bond acceptors (Lipinski definition) is 3. The number of benzene rings is 2. The minimum atomic E-state index is -0.317. The first kappa shape index (κ1) is 15.2. The summed E-state index contributed by atoms with van der Waals surface area (Å²) in [4.78, 5) is 12.0. The summed E-state index contributed by atoms with van der Waals surface area (Å²) in [6.45, 7) is 2.16. The smallest absolute Gasteiger partial charge is 0.200 e. The second kappa shape index (κ2) is 6.99. The molecule has 0 amide bonds. The van der Waals surface area contributed by atoms with Crippen molar-refractivity contribution in [1.82, 2.24) is 0 Å². The summed E-state index contributed by atoms with van der Waals surface area (Å²) in [5, 5.41) is 0. The average molecular weight is 287 g/mol. The van der Waals surface area contributed by atoms with Crippen LogP contribution in [0.5, 0.6) is 5.75 Å². The first-order valence-corrected chi connectivity index (χ1v) is 6.81. The van der Waals surface area contributed by atoms with Crippen LogP contribution in [0.3, 0.4) is 0 Å². The van der Waals surface area contributed by atoms with E-state index in [1.807, 2.05) is 24.3 Å². The monoisotopic (exact) mass is 287 g/mol. The molecule has 0 radical (unpaired) electrons. The number of halogens is 1. The molecule has 3 nitrogen and oxygen atoms in total. The minimum Gasteiger partial charge on any atom is -0.485 e. The Morgan fingerprint density at radius 2 is 1.90 bits per heavy atom. The molecule has 21 heavy (non-hydrogen) atoms. The normalized spacial score (nSPS) is 10.4. The molecule has 2 aromatic carbocycles. The van der Waals surface area contributed by atoms with Crippen LogP contribution in [-0.2, 0) is 6.42 Å². The predicted molar refractivity (Wildman–Crippen MR) is 80.2 cm³/mol. The Kier molecular flexibility index (Phi) is 5.06. The second-order valence-electron chi connectivity index (χ2n) is 4.86. The quantitative estimate of drug-likeness (QED) is 0.831. The number of ether oxygens (including phenoxy) is 1. The number of carbonyl (C=O) groups excluding carboxylic acids is 1. The Balaban J connectivity index is 1.95. The molecule has 2 aromatic rings. The predicted octanol–water partition coefficient (Wildman–Crippen LogP) is 2.90. The third kappa shape index (κ3) is 4.13. The van der Waals surface area contributed by atoms with Crippen molar-refractivity contribution in [3.8, 4) is 5.75 Å². The largest absolute Gasteiger partial charge is 0.485 e. The van der Waals surface area contributed by atoms with E-state index in [1.165, 1.54) is 18.2 Å². The van der Waals surface area contributed by atoms with Gasteiger partial charge in [-0.2, -0.15) is 0 Å². The molecule has 0 spiro atoms. The molecule has 0 aliphatic rings. The number of aryl methyl sites for hydroxylation is 1. The Morgan fingerprint density at radius 3 is 2.52 bits per heavy atom. The van der Waals surface area contributed by atoms with Gasteiger partial charge in [-0.1, -0.05) is 12.1 Å². The number of Topliss-reactive ketones (excluding diaryl/α,β-unsaturated/α-hetero) is 1. The molecule has 2 rings (SSSR count). The molecule has 0 heterocycles. The van der Waals surface area contributed by atoms with Crippen LogP contribution in [0, 0.1) is 12.7 Å². The molecule has 0 saturated carbocycles. The van der Waals surface area contributed by atoms with E-state index in [0.717, 1.165) is 12.0 Å². The highest BCUT2D eigenvalue weighted by Crippen LogP contribution is 2.14. The molecule has 0 aliphatic heterocycles. The summed E-state index contributed by atoms with van der Waals surface area (Å²) in [7, 11) is 0. The SMILES string of the molecule is Cc1cc(C(=O)COc2ccc(CCN)cc2)ccc1F. The summed E-state index contributed by atoms with van der Waals surface area (Å²) in [6.07, 6.45) is 0.814. The summed E-state index contributed by atoms with van der Waals surface area (Å²) in [5.41, 5.74) is 7.51. The van der Waals surface area contributed by atoms with Gasteiger partial charge >= 0.3 is 0 Å². The minimum absolute atomic E-state index is 0.0681. The van der Waals surface area contributed by atoms with Gasteiger partial charge in [0.2, 0.25) is 0 Å². The molecule has 0 fully saturated rings. The maximum atomic E-state index is 13.2. The maximum absolute atomic E-state index is 13.2. The van der Waals surface area contributed by atoms with E-state index < -0.39 is 0 Å². The average Bonchev–Trinajstić information content (AvgIpc) is 2.49. The molecule has 0 aliphatic carbocycles. The fraction of sp³-hybridized carbons (Fsp3) is 0.235. The zero-order valence-electron chi connectivity index (χ0n) is 11.9. The maximum Gasteiger partial charge on any atom is 0.200 e. The van der Waals surface area contributed by atoms with Crippen LogP contribution in [0.15, 0.2) is 42.5 Å². The first-order valence-electron chi connectivity index (χ1n) is 6.81. The first-order chi connectivity index (χ1) is 10.1. The van der Waals surface area contributed by atoms with E-state index in [4.69, 9.17) is 10.5 Å². The number of nitrogens with two attached hydrogens (primary N) is 1. The van der Waals surface area contributed by atoms with Crippen LogP contribution >= 0.6 is 0 Å². The summed E-state index contributed by atoms with van der Waals surface area (Å²) in [6, 6.07) is 11.8. The number of rotatable bonds is 6. The fourth-order valence-corrected chi connectivity index (χ4v) is 1.97. The van der Waals surface area contributed by atoms with E-state index >= 15 is 0 Å². The lowest BCUT2D eigenvalue weighted by molar-refractivity contribution is 0.0921. The van der Waals surface area contributed by atoms with Crippen molar-refractivity contribution < 1.29 is 13.9 Å². The van der Waals surface area contributed by atoms with E-state index in [-0.39, 0.29) is 18.2 Å². The standard InChI is InChI=1S/C17H18FNO2/c1-12-10-14(4-7-16(12)18)17(20)11-21-15-5-2-13(3-6-15)8-9-19/h2-7,10H,8-9,11,19H2,1H3. The summed E-state index contributed by atoms with van der Waals surface area (Å²) in [5.74, 6) is 0.134. The molecule has 2 N–H and O–H groups in total. The zero-order valence-corrected chi connectivity index (χ0v) is 11.9. The van der Waals surface area contributed by atoms with Crippen molar-refractivity contribution in [2.45, 2.75) is 13.3 Å². The molecular weight excluding hydrogens is 269 g/mol. The van der Waals surface area contributed by atoms with E-state index in [1.54, 1.807) is 6.92 Å². The van der Waals surface area contributed by atoms with Crippen molar-refractivity contribution in [2.24, 2.45) is 5.73 Å². The highest BCUT2D eigenvalue weighted by atomic mass is 19.1. The van der Waals surface area contributed by atoms with Gasteiger partial charge in [-0.25, -0.2) is 4.39 Å². The van der Waals surface area contributed by atoms with Gasteiger partial charge in [0.25, 0.3) is 0 Å². The molecule has 4 heteroatoms. The van der Waals surface area contributed by atoms with E-state index in [2.05, 4.69) is 0 Å². The van der Waals surface area contributed by atoms with Gasteiger partial charge in [0.15, 0.2) is 12.4 Å². The van der Waals surface area contributed by atoms with Crippen LogP contribution in [0.1, 0.15) is 21.5 Å². The molecule has 0 atom stereocenters. The molecule has 0 saturated heterocycles. The Morgan fingerprint density at radius 1 is 1.19 bits per heavy atom. The van der Waals surface area contributed by atoms with Crippen LogP contribution in [-0.4, -0.2) is 18.9 Å². The van der Waals surface area contributed by atoms with Gasteiger partial charge in [0.05, 0.1) is 0 Å². The number of hydrogen-bond donors (Lipinski definition) is 1. The van der Waals surface area contributed by atoms with Crippen molar-refractivity contribution in [1.29, 1.82) is 0 Å². The third-order valence-corrected chi connectivity index (χ3v) is 3.21. The Hall–Kier alpha value is -2.20. The van der Waals surface area contributed by atoms with Gasteiger partial charge < -0.3 is 10.5 Å². The Labute approximate surface area is 123 Å². The summed E-state index contributed by atoms with van der Waals surface area (Å²) >= 11 is 0. The van der Waals surface area contributed by atoms with E-state index in [0.29, 0.717) is 23.4 Å². The van der Waals surface area contributed by atoms with Crippen LogP contribution < -0.4 is 10.5 Å². The third-order valence-electron chi connectivity index (χ3n) is 3.21. The van der Waals surface area contributed by atoms with Crippen molar-refractivity contribution in [3.05, 3.63) is 65.0 Å². The van der Waals surface area contributed by atoms with Gasteiger partial charge in [-0.05, 0) is 61.3 Å². The summed E-state index contributed by atoms with van der Waals surface area (Å²) < 4.78 is 18.6. The fourth-order valence-electron chi connectivity index (χ4n) is 1.97. The topological polar surface area (TPSA) is 52.3 Å². The lowest BCUT2D eigenvalue weighted by atomic mass is 10.1. The highest BCUT2D eigenvalue weighted by molar-refractivity contribution is 5.97. The van der Waals surface area contributed by atoms with Gasteiger partial charge in [-0.15, -0.1) is 0 Å². The number of ketones is 1. The van der Waals surface area contributed by atoms with Crippen molar-refractivity contribution in [3.63, 3.8) is 0 Å². The number of carbonyl (C=O) groups is 1. The van der Waals surface area contributed by atoms with Crippen LogP contribution in [0.25, 0.3) is 0 Å².